The Labute approximate surface area is 176 Å². The van der Waals surface area contributed by atoms with Crippen LogP contribution < -0.4 is 11.1 Å². The van der Waals surface area contributed by atoms with Gasteiger partial charge in [0.1, 0.15) is 5.69 Å². The number of hydrogen-bond donors (Lipinski definition) is 2. The first-order valence-corrected chi connectivity index (χ1v) is 11.7. The molecule has 0 atom stereocenters. The van der Waals surface area contributed by atoms with Gasteiger partial charge < -0.3 is 11.1 Å². The Hall–Kier alpha value is -2.24. The van der Waals surface area contributed by atoms with Crippen LogP contribution in [0.15, 0.2) is 23.1 Å². The van der Waals surface area contributed by atoms with Crippen LogP contribution in [0, 0.1) is 16.0 Å². The molecule has 2 saturated heterocycles. The van der Waals surface area contributed by atoms with Gasteiger partial charge in [-0.2, -0.15) is 4.31 Å². The molecule has 166 valence electrons. The maximum atomic E-state index is 12.9. The molecule has 10 nitrogen and oxygen atoms in total. The summed E-state index contributed by atoms with van der Waals surface area (Å²) in [5.74, 6) is 0.101. The average molecular weight is 440 g/mol. The summed E-state index contributed by atoms with van der Waals surface area (Å²) in [6.07, 6.45) is 2.98. The molecule has 11 heteroatoms. The zero-order chi connectivity index (χ0) is 21.9. The second-order valence-electron chi connectivity index (χ2n) is 8.18. The van der Waals surface area contributed by atoms with Crippen LogP contribution in [0.4, 0.5) is 11.4 Å². The molecular formula is C19H29N5O5S. The Kier molecular flexibility index (Phi) is 6.94. The minimum absolute atomic E-state index is 0.00105. The summed E-state index contributed by atoms with van der Waals surface area (Å²) in [5.41, 5.74) is 5.28. The fourth-order valence-corrected chi connectivity index (χ4v) is 5.49. The van der Waals surface area contributed by atoms with E-state index in [4.69, 9.17) is 5.73 Å². The van der Waals surface area contributed by atoms with E-state index in [1.165, 1.54) is 16.4 Å². The van der Waals surface area contributed by atoms with Gasteiger partial charge in [-0.1, -0.05) is 6.92 Å². The number of nitrogens with zero attached hydrogens (tertiary/aromatic N) is 3. The average Bonchev–Trinajstić information content (AvgIpc) is 2.69. The number of nitrogens with two attached hydrogens (primary N) is 1. The van der Waals surface area contributed by atoms with Crippen molar-refractivity contribution in [3.05, 3.63) is 28.3 Å². The molecule has 0 aliphatic carbocycles. The van der Waals surface area contributed by atoms with E-state index in [0.29, 0.717) is 50.6 Å². The zero-order valence-corrected chi connectivity index (χ0v) is 17.9. The molecule has 0 saturated carbocycles. The van der Waals surface area contributed by atoms with Crippen molar-refractivity contribution in [1.82, 2.24) is 9.21 Å². The van der Waals surface area contributed by atoms with Crippen molar-refractivity contribution in [1.29, 1.82) is 0 Å². The van der Waals surface area contributed by atoms with Gasteiger partial charge in [-0.15, -0.1) is 0 Å². The Bertz CT molecular complexity index is 891. The summed E-state index contributed by atoms with van der Waals surface area (Å²) in [6, 6.07) is 4.06. The van der Waals surface area contributed by atoms with Gasteiger partial charge in [0.05, 0.1) is 16.4 Å². The third-order valence-electron chi connectivity index (χ3n) is 5.87. The SMILES string of the molecule is CC1CCN(S(=O)(=O)c2ccc(NC3CCN(CC(N)=O)CC3)c([N+](=O)[O-])c2)CC1. The van der Waals surface area contributed by atoms with E-state index < -0.39 is 14.9 Å². The van der Waals surface area contributed by atoms with Crippen molar-refractivity contribution in [3.63, 3.8) is 0 Å². The number of nitro groups is 1. The van der Waals surface area contributed by atoms with E-state index in [1.54, 1.807) is 0 Å². The van der Waals surface area contributed by atoms with Crippen molar-refractivity contribution in [2.45, 2.75) is 43.5 Å². The maximum Gasteiger partial charge on any atom is 0.293 e. The molecule has 0 aromatic heterocycles. The van der Waals surface area contributed by atoms with Gasteiger partial charge in [0, 0.05) is 38.3 Å². The standard InChI is InChI=1S/C19H29N5O5S/c1-14-4-10-23(11-5-14)30(28,29)16-2-3-17(18(12-16)24(26)27)21-15-6-8-22(9-7-15)13-19(20)25/h2-3,12,14-15,21H,4-11,13H2,1H3,(H2,20,25). The van der Waals surface area contributed by atoms with Gasteiger partial charge in [0.25, 0.3) is 5.69 Å². The molecule has 0 radical (unpaired) electrons. The van der Waals surface area contributed by atoms with Gasteiger partial charge in [-0.3, -0.25) is 19.8 Å². The number of rotatable bonds is 7. The van der Waals surface area contributed by atoms with Crippen molar-refractivity contribution in [2.75, 3.05) is 38.0 Å². The highest BCUT2D eigenvalue weighted by atomic mass is 32.2. The Morgan fingerprint density at radius 3 is 2.40 bits per heavy atom. The first kappa shape index (κ1) is 22.4. The number of nitro benzene ring substituents is 1. The summed E-state index contributed by atoms with van der Waals surface area (Å²) < 4.78 is 27.3. The minimum atomic E-state index is -3.76. The van der Waals surface area contributed by atoms with Crippen LogP contribution in [-0.2, 0) is 14.8 Å². The van der Waals surface area contributed by atoms with E-state index in [9.17, 15) is 23.3 Å². The normalized spacial score (nSPS) is 20.2. The van der Waals surface area contributed by atoms with Crippen molar-refractivity contribution < 1.29 is 18.1 Å². The number of anilines is 1. The fourth-order valence-electron chi connectivity index (χ4n) is 4.00. The second-order valence-corrected chi connectivity index (χ2v) is 10.1. The summed E-state index contributed by atoms with van der Waals surface area (Å²) in [5, 5.41) is 14.8. The first-order valence-electron chi connectivity index (χ1n) is 10.2. The first-order chi connectivity index (χ1) is 14.2. The Balaban J connectivity index is 1.73. The number of likely N-dealkylation sites (tertiary alicyclic amines) is 1. The van der Waals surface area contributed by atoms with E-state index in [-0.39, 0.29) is 29.1 Å². The lowest BCUT2D eigenvalue weighted by atomic mass is 10.0. The predicted molar refractivity (Wildman–Crippen MR) is 113 cm³/mol. The van der Waals surface area contributed by atoms with Gasteiger partial charge >= 0.3 is 0 Å². The van der Waals surface area contributed by atoms with Crippen LogP contribution in [0.2, 0.25) is 0 Å². The Morgan fingerprint density at radius 2 is 1.83 bits per heavy atom. The summed E-state index contributed by atoms with van der Waals surface area (Å²) in [4.78, 5) is 24.0. The molecular weight excluding hydrogens is 410 g/mol. The van der Waals surface area contributed by atoms with Crippen LogP contribution in [-0.4, -0.2) is 67.2 Å². The highest BCUT2D eigenvalue weighted by Crippen LogP contribution is 2.32. The maximum absolute atomic E-state index is 12.9. The highest BCUT2D eigenvalue weighted by molar-refractivity contribution is 7.89. The molecule has 3 N–H and O–H groups in total. The fraction of sp³-hybridized carbons (Fsp3) is 0.632. The Morgan fingerprint density at radius 1 is 1.20 bits per heavy atom. The van der Waals surface area contributed by atoms with Gasteiger partial charge in [0.15, 0.2) is 0 Å². The lowest BCUT2D eigenvalue weighted by molar-refractivity contribution is -0.384. The quantitative estimate of drug-likeness (QED) is 0.483. The third kappa shape index (κ3) is 5.27. The molecule has 30 heavy (non-hydrogen) atoms. The molecule has 0 spiro atoms. The van der Waals surface area contributed by atoms with E-state index in [2.05, 4.69) is 12.2 Å². The molecule has 0 bridgehead atoms. The summed E-state index contributed by atoms with van der Waals surface area (Å²) in [6.45, 7) is 4.48. The lowest BCUT2D eigenvalue weighted by Gasteiger charge is -2.32. The number of amides is 1. The van der Waals surface area contributed by atoms with Crippen LogP contribution in [0.25, 0.3) is 0 Å². The highest BCUT2D eigenvalue weighted by Gasteiger charge is 2.30. The zero-order valence-electron chi connectivity index (χ0n) is 17.1. The number of benzene rings is 1. The third-order valence-corrected chi connectivity index (χ3v) is 7.77. The molecule has 2 fully saturated rings. The largest absolute Gasteiger partial charge is 0.377 e. The summed E-state index contributed by atoms with van der Waals surface area (Å²) >= 11 is 0. The van der Waals surface area contributed by atoms with E-state index in [0.717, 1.165) is 18.9 Å². The molecule has 2 heterocycles. The van der Waals surface area contributed by atoms with E-state index in [1.807, 2.05) is 4.90 Å². The second kappa shape index (κ2) is 9.27. The molecule has 2 aliphatic heterocycles. The van der Waals surface area contributed by atoms with Crippen LogP contribution in [0.1, 0.15) is 32.6 Å². The van der Waals surface area contributed by atoms with Crippen LogP contribution in [0.3, 0.4) is 0 Å². The minimum Gasteiger partial charge on any atom is -0.377 e. The molecule has 3 rings (SSSR count). The smallest absolute Gasteiger partial charge is 0.293 e. The molecule has 1 aromatic carbocycles. The van der Waals surface area contributed by atoms with Crippen molar-refractivity contribution >= 4 is 27.3 Å². The predicted octanol–water partition coefficient (Wildman–Crippen LogP) is 1.38. The lowest BCUT2D eigenvalue weighted by Crippen LogP contribution is -2.43. The molecule has 0 unspecified atom stereocenters. The number of piperidine rings is 2. The molecule has 1 amide bonds. The number of primary amides is 1. The van der Waals surface area contributed by atoms with Crippen molar-refractivity contribution in [2.24, 2.45) is 11.7 Å². The number of nitrogens with one attached hydrogen (secondary N) is 1. The van der Waals surface area contributed by atoms with Gasteiger partial charge in [0.2, 0.25) is 15.9 Å². The topological polar surface area (TPSA) is 139 Å². The molecule has 1 aromatic rings. The van der Waals surface area contributed by atoms with Gasteiger partial charge in [-0.05, 0) is 43.7 Å². The number of carbonyl (C=O) groups excluding carboxylic acids is 1. The monoisotopic (exact) mass is 439 g/mol. The summed E-state index contributed by atoms with van der Waals surface area (Å²) in [7, 11) is -3.76. The number of hydrogen-bond acceptors (Lipinski definition) is 7. The van der Waals surface area contributed by atoms with E-state index >= 15 is 0 Å². The van der Waals surface area contributed by atoms with Crippen LogP contribution in [0.5, 0.6) is 0 Å². The van der Waals surface area contributed by atoms with Crippen molar-refractivity contribution in [3.8, 4) is 0 Å². The number of carbonyl (C=O) groups is 1. The number of sulfonamides is 1. The molecule has 2 aliphatic rings. The van der Waals surface area contributed by atoms with Gasteiger partial charge in [-0.25, -0.2) is 8.42 Å². The van der Waals surface area contributed by atoms with Crippen LogP contribution >= 0.6 is 0 Å².